The van der Waals surface area contributed by atoms with Crippen molar-refractivity contribution in [3.05, 3.63) is 23.2 Å². The monoisotopic (exact) mass is 194 g/mol. The Morgan fingerprint density at radius 1 is 1.25 bits per heavy atom. The summed E-state index contributed by atoms with van der Waals surface area (Å²) in [6, 6.07) is 3.47. The number of hydrogen-bond donors (Lipinski definition) is 1. The second-order valence-electron chi connectivity index (χ2n) is 2.33. The zero-order chi connectivity index (χ0) is 9.35. The number of rotatable bonds is 1. The van der Waals surface area contributed by atoms with Gasteiger partial charge in [0.05, 0.1) is 0 Å². The zero-order valence-electron chi connectivity index (χ0n) is 5.90. The van der Waals surface area contributed by atoms with Gasteiger partial charge in [-0.05, 0) is 6.07 Å². The van der Waals surface area contributed by atoms with Crippen LogP contribution < -0.4 is 11.2 Å². The van der Waals surface area contributed by atoms with Crippen LogP contribution >= 0.6 is 11.6 Å². The van der Waals surface area contributed by atoms with Crippen molar-refractivity contribution in [2.75, 3.05) is 5.73 Å². The van der Waals surface area contributed by atoms with E-state index in [-0.39, 0.29) is 5.69 Å². The average molecular weight is 194 g/mol. The van der Waals surface area contributed by atoms with Gasteiger partial charge >= 0.3 is 6.98 Å². The molecule has 12 heavy (non-hydrogen) atoms. The predicted octanol–water partition coefficient (Wildman–Crippen LogP) is 1.98. The van der Waals surface area contributed by atoms with Crippen molar-refractivity contribution in [3.8, 4) is 0 Å². The van der Waals surface area contributed by atoms with Crippen LogP contribution in [-0.2, 0) is 0 Å². The number of nitrogen functional groups attached to an aromatic ring is 1. The molecule has 1 aromatic carbocycles. The first-order valence-electron chi connectivity index (χ1n) is 3.17. The highest BCUT2D eigenvalue weighted by Gasteiger charge is 2.28. The van der Waals surface area contributed by atoms with Gasteiger partial charge in [-0.25, -0.2) is 0 Å². The fourth-order valence-electron chi connectivity index (χ4n) is 0.821. The summed E-state index contributed by atoms with van der Waals surface area (Å²) in [6.07, 6.45) is 0. The van der Waals surface area contributed by atoms with E-state index in [2.05, 4.69) is 0 Å². The van der Waals surface area contributed by atoms with Gasteiger partial charge in [0.1, 0.15) is 0 Å². The van der Waals surface area contributed by atoms with Gasteiger partial charge in [-0.3, -0.25) is 0 Å². The Kier molecular flexibility index (Phi) is 2.23. The van der Waals surface area contributed by atoms with Crippen LogP contribution in [0.15, 0.2) is 18.2 Å². The Balaban J connectivity index is 3.26. The normalized spacial score (nSPS) is 11.7. The number of hydrogen-bond acceptors (Lipinski definition) is 1. The van der Waals surface area contributed by atoms with Crippen LogP contribution in [0.4, 0.5) is 18.6 Å². The molecular weight excluding hydrogens is 189 g/mol. The molecule has 0 unspecified atom stereocenters. The van der Waals surface area contributed by atoms with Gasteiger partial charge in [0.25, 0.3) is 0 Å². The Labute approximate surface area is 72.4 Å². The molecule has 0 spiro atoms. The summed E-state index contributed by atoms with van der Waals surface area (Å²) in [5, 5.41) is -0.412. The molecular formula is C6H5BClF3N-. The highest BCUT2D eigenvalue weighted by molar-refractivity contribution is 6.76. The maximum atomic E-state index is 12.2. The number of nitrogens with two attached hydrogens (primary N) is 1. The molecule has 0 atom stereocenters. The van der Waals surface area contributed by atoms with E-state index in [4.69, 9.17) is 17.3 Å². The van der Waals surface area contributed by atoms with E-state index in [0.29, 0.717) is 0 Å². The lowest BCUT2D eigenvalue weighted by atomic mass is 9.80. The molecule has 1 rings (SSSR count). The van der Waals surface area contributed by atoms with E-state index >= 15 is 0 Å². The summed E-state index contributed by atoms with van der Waals surface area (Å²) >= 11 is 5.35. The quantitative estimate of drug-likeness (QED) is 0.537. The SMILES string of the molecule is Nc1cccc([B-](F)(F)F)c1Cl. The van der Waals surface area contributed by atoms with Crippen LogP contribution in [0, 0.1) is 0 Å². The van der Waals surface area contributed by atoms with Gasteiger partial charge in [0, 0.05) is 10.7 Å². The van der Waals surface area contributed by atoms with E-state index in [9.17, 15) is 12.9 Å². The van der Waals surface area contributed by atoms with Crippen molar-refractivity contribution in [3.63, 3.8) is 0 Å². The first-order valence-corrected chi connectivity index (χ1v) is 3.54. The summed E-state index contributed by atoms with van der Waals surface area (Å²) in [6.45, 7) is -5.06. The Morgan fingerprint density at radius 2 is 1.83 bits per heavy atom. The van der Waals surface area contributed by atoms with Gasteiger partial charge in [-0.15, -0.1) is 0 Å². The van der Waals surface area contributed by atoms with E-state index in [1.165, 1.54) is 12.1 Å². The molecule has 66 valence electrons. The van der Waals surface area contributed by atoms with Gasteiger partial charge < -0.3 is 18.7 Å². The largest absolute Gasteiger partial charge is 0.511 e. The minimum atomic E-state index is -5.06. The second kappa shape index (κ2) is 2.90. The van der Waals surface area contributed by atoms with Crippen LogP contribution in [0.2, 0.25) is 5.02 Å². The van der Waals surface area contributed by atoms with Crippen LogP contribution in [0.3, 0.4) is 0 Å². The van der Waals surface area contributed by atoms with Crippen molar-refractivity contribution >= 4 is 29.7 Å². The maximum absolute atomic E-state index is 12.2. The topological polar surface area (TPSA) is 26.0 Å². The van der Waals surface area contributed by atoms with Crippen LogP contribution in [0.5, 0.6) is 0 Å². The molecule has 6 heteroatoms. The fourth-order valence-corrected chi connectivity index (χ4v) is 1.07. The Hall–Kier alpha value is -0.835. The van der Waals surface area contributed by atoms with Crippen LogP contribution in [0.1, 0.15) is 0 Å². The third-order valence-corrected chi connectivity index (χ3v) is 1.85. The summed E-state index contributed by atoms with van der Waals surface area (Å²) in [5.41, 5.74) is 4.31. The molecule has 0 fully saturated rings. The van der Waals surface area contributed by atoms with E-state index in [1.807, 2.05) is 0 Å². The molecule has 0 bridgehead atoms. The minimum Gasteiger partial charge on any atom is -0.445 e. The molecule has 1 aromatic rings. The molecule has 0 saturated carbocycles. The average Bonchev–Trinajstić information content (AvgIpc) is 1.92. The summed E-state index contributed by atoms with van der Waals surface area (Å²) in [5.74, 6) is 0. The lowest BCUT2D eigenvalue weighted by molar-refractivity contribution is 0.501. The molecule has 0 amide bonds. The molecule has 0 saturated heterocycles. The van der Waals surface area contributed by atoms with Crippen molar-refractivity contribution in [2.24, 2.45) is 0 Å². The zero-order valence-corrected chi connectivity index (χ0v) is 6.65. The molecule has 0 aromatic heterocycles. The lowest BCUT2D eigenvalue weighted by Crippen LogP contribution is -2.35. The van der Waals surface area contributed by atoms with Crippen LogP contribution in [0.25, 0.3) is 0 Å². The third kappa shape index (κ3) is 1.66. The fraction of sp³-hybridized carbons (Fsp3) is 0. The molecule has 0 radical (unpaired) electrons. The lowest BCUT2D eigenvalue weighted by Gasteiger charge is -2.17. The number of benzene rings is 1. The number of anilines is 1. The first kappa shape index (κ1) is 9.25. The third-order valence-electron chi connectivity index (χ3n) is 1.41. The van der Waals surface area contributed by atoms with E-state index in [0.717, 1.165) is 6.07 Å². The van der Waals surface area contributed by atoms with Gasteiger partial charge in [0.2, 0.25) is 0 Å². The molecule has 0 aliphatic carbocycles. The van der Waals surface area contributed by atoms with Gasteiger partial charge in [-0.1, -0.05) is 29.2 Å². The van der Waals surface area contributed by atoms with Crippen molar-refractivity contribution < 1.29 is 12.9 Å². The number of halogens is 4. The molecule has 0 aliphatic rings. The Bertz CT molecular complexity index is 299. The second-order valence-corrected chi connectivity index (χ2v) is 2.70. The van der Waals surface area contributed by atoms with Crippen molar-refractivity contribution in [2.45, 2.75) is 0 Å². The first-order chi connectivity index (χ1) is 5.43. The molecule has 2 N–H and O–H groups in total. The van der Waals surface area contributed by atoms with E-state index in [1.54, 1.807) is 0 Å². The summed E-state index contributed by atoms with van der Waals surface area (Å²) in [4.78, 5) is 0. The van der Waals surface area contributed by atoms with Crippen molar-refractivity contribution in [1.29, 1.82) is 0 Å². The molecule has 0 aliphatic heterocycles. The molecule has 1 nitrogen and oxygen atoms in total. The standard InChI is InChI=1S/C6H5BClF3N/c8-6-4(7(9,10)11)2-1-3-5(6)12/h1-3H,12H2/q-1. The van der Waals surface area contributed by atoms with Gasteiger partial charge in [-0.2, -0.15) is 0 Å². The smallest absolute Gasteiger partial charge is 0.445 e. The maximum Gasteiger partial charge on any atom is 0.511 e. The van der Waals surface area contributed by atoms with Crippen LogP contribution in [-0.4, -0.2) is 6.98 Å². The predicted molar refractivity (Wildman–Crippen MR) is 44.6 cm³/mol. The van der Waals surface area contributed by atoms with Gasteiger partial charge in [0.15, 0.2) is 0 Å². The Morgan fingerprint density at radius 3 is 2.25 bits per heavy atom. The van der Waals surface area contributed by atoms with E-state index < -0.39 is 17.5 Å². The highest BCUT2D eigenvalue weighted by atomic mass is 35.5. The highest BCUT2D eigenvalue weighted by Crippen LogP contribution is 2.21. The molecule has 0 heterocycles. The minimum absolute atomic E-state index is 0.0478. The summed E-state index contributed by atoms with van der Waals surface area (Å²) < 4.78 is 36.5. The summed E-state index contributed by atoms with van der Waals surface area (Å²) in [7, 11) is 0. The van der Waals surface area contributed by atoms with Crippen molar-refractivity contribution in [1.82, 2.24) is 0 Å².